The van der Waals surface area contributed by atoms with Crippen molar-refractivity contribution in [3.05, 3.63) is 16.9 Å². The summed E-state index contributed by atoms with van der Waals surface area (Å²) in [6.45, 7) is 5.62. The maximum Gasteiger partial charge on any atom is 0.202 e. The number of halogens is 1. The van der Waals surface area contributed by atoms with Crippen LogP contribution in [0.2, 0.25) is 5.02 Å². The van der Waals surface area contributed by atoms with Gasteiger partial charge in [-0.3, -0.25) is 9.48 Å². The van der Waals surface area contributed by atoms with Crippen LogP contribution in [0.5, 0.6) is 0 Å². The smallest absolute Gasteiger partial charge is 0.202 e. The van der Waals surface area contributed by atoms with E-state index in [1.54, 1.807) is 10.9 Å². The number of hydrogen-bond acceptors (Lipinski definition) is 3. The summed E-state index contributed by atoms with van der Waals surface area (Å²) in [6, 6.07) is 0. The average Bonchev–Trinajstić information content (AvgIpc) is 2.87. The second kappa shape index (κ2) is 4.78. The fraction of sp³-hybridized carbons (Fsp3) is 0.667. The molecule has 1 atom stereocenters. The first-order valence-corrected chi connectivity index (χ1v) is 6.47. The van der Waals surface area contributed by atoms with Crippen molar-refractivity contribution in [2.45, 2.75) is 45.2 Å². The third kappa shape index (κ3) is 2.24. The number of aromatic nitrogens is 2. The lowest BCUT2D eigenvalue weighted by Crippen LogP contribution is -2.45. The third-order valence-electron chi connectivity index (χ3n) is 3.32. The summed E-state index contributed by atoms with van der Waals surface area (Å²) in [5.41, 5.74) is 0.0697. The number of carbonyl (C=O) groups excluding carboxylic acids is 1. The Kier molecular flexibility index (Phi) is 3.54. The second-order valence-electron chi connectivity index (χ2n) is 4.76. The van der Waals surface area contributed by atoms with Gasteiger partial charge in [-0.15, -0.1) is 0 Å². The molecule has 1 aliphatic rings. The first kappa shape index (κ1) is 12.6. The van der Waals surface area contributed by atoms with Crippen molar-refractivity contribution in [1.29, 1.82) is 0 Å². The van der Waals surface area contributed by atoms with Crippen LogP contribution in [0, 0.1) is 0 Å². The molecule has 94 valence electrons. The van der Waals surface area contributed by atoms with E-state index in [1.807, 2.05) is 6.92 Å². The highest BCUT2D eigenvalue weighted by molar-refractivity contribution is 6.34. The lowest BCUT2D eigenvalue weighted by Gasteiger charge is -2.23. The molecule has 1 fully saturated rings. The van der Waals surface area contributed by atoms with Crippen LogP contribution in [0.3, 0.4) is 0 Å². The molecule has 0 spiro atoms. The van der Waals surface area contributed by atoms with Crippen molar-refractivity contribution in [2.75, 3.05) is 6.54 Å². The Hall–Kier alpha value is -0.870. The second-order valence-corrected chi connectivity index (χ2v) is 5.16. The maximum absolute atomic E-state index is 12.5. The summed E-state index contributed by atoms with van der Waals surface area (Å²) < 4.78 is 1.72. The van der Waals surface area contributed by atoms with Crippen LogP contribution in [0.1, 0.15) is 43.6 Å². The van der Waals surface area contributed by atoms with Crippen LogP contribution in [-0.4, -0.2) is 27.6 Å². The van der Waals surface area contributed by atoms with Crippen molar-refractivity contribution < 1.29 is 4.79 Å². The Morgan fingerprint density at radius 3 is 3.06 bits per heavy atom. The predicted molar refractivity (Wildman–Crippen MR) is 67.5 cm³/mol. The van der Waals surface area contributed by atoms with Crippen molar-refractivity contribution in [3.63, 3.8) is 0 Å². The summed E-state index contributed by atoms with van der Waals surface area (Å²) in [5, 5.41) is 7.89. The molecule has 0 aromatic carbocycles. The lowest BCUT2D eigenvalue weighted by atomic mass is 9.92. The highest BCUT2D eigenvalue weighted by Gasteiger charge is 2.39. The summed E-state index contributed by atoms with van der Waals surface area (Å²) >= 11 is 6.08. The third-order valence-corrected chi connectivity index (χ3v) is 3.59. The summed E-state index contributed by atoms with van der Waals surface area (Å²) in [5.74, 6) is 0.0611. The number of carbonyl (C=O) groups is 1. The number of rotatable bonds is 4. The molecule has 4 nitrogen and oxygen atoms in total. The molecule has 1 saturated heterocycles. The van der Waals surface area contributed by atoms with Gasteiger partial charge in [-0.1, -0.05) is 18.5 Å². The minimum absolute atomic E-state index is 0.0611. The van der Waals surface area contributed by atoms with Crippen LogP contribution in [0.25, 0.3) is 0 Å². The minimum Gasteiger partial charge on any atom is -0.305 e. The molecule has 0 aliphatic carbocycles. The van der Waals surface area contributed by atoms with Crippen LogP contribution in [0.4, 0.5) is 0 Å². The predicted octanol–water partition coefficient (Wildman–Crippen LogP) is 2.27. The van der Waals surface area contributed by atoms with Gasteiger partial charge in [0.2, 0.25) is 5.78 Å². The zero-order valence-electron chi connectivity index (χ0n) is 10.3. The largest absolute Gasteiger partial charge is 0.305 e. The van der Waals surface area contributed by atoms with E-state index in [4.69, 9.17) is 11.6 Å². The minimum atomic E-state index is -0.477. The van der Waals surface area contributed by atoms with Crippen molar-refractivity contribution in [2.24, 2.45) is 0 Å². The zero-order valence-corrected chi connectivity index (χ0v) is 11.0. The van der Waals surface area contributed by atoms with Crippen molar-refractivity contribution in [3.8, 4) is 0 Å². The van der Waals surface area contributed by atoms with Gasteiger partial charge in [0.15, 0.2) is 0 Å². The highest BCUT2D eigenvalue weighted by atomic mass is 35.5. The molecular weight excluding hydrogens is 238 g/mol. The number of ketones is 1. The van der Waals surface area contributed by atoms with Gasteiger partial charge < -0.3 is 5.32 Å². The molecule has 17 heavy (non-hydrogen) atoms. The van der Waals surface area contributed by atoms with Gasteiger partial charge in [0.1, 0.15) is 5.69 Å². The van der Waals surface area contributed by atoms with Crippen LogP contribution < -0.4 is 5.32 Å². The molecule has 0 bridgehead atoms. The number of nitrogens with one attached hydrogen (secondary N) is 1. The molecular formula is C12H18ClN3O. The van der Waals surface area contributed by atoms with E-state index in [2.05, 4.69) is 17.3 Å². The fourth-order valence-corrected chi connectivity index (χ4v) is 2.55. The Balaban J connectivity index is 2.32. The Morgan fingerprint density at radius 1 is 1.71 bits per heavy atom. The molecule has 0 radical (unpaired) electrons. The fourth-order valence-electron chi connectivity index (χ4n) is 2.32. The van der Waals surface area contributed by atoms with E-state index in [0.717, 1.165) is 32.4 Å². The molecule has 2 heterocycles. The van der Waals surface area contributed by atoms with Gasteiger partial charge in [-0.25, -0.2) is 0 Å². The van der Waals surface area contributed by atoms with E-state index >= 15 is 0 Å². The van der Waals surface area contributed by atoms with Gasteiger partial charge in [-0.05, 0) is 32.7 Å². The van der Waals surface area contributed by atoms with Crippen LogP contribution in [0.15, 0.2) is 6.20 Å². The molecule has 2 rings (SSSR count). The summed E-state index contributed by atoms with van der Waals surface area (Å²) in [4.78, 5) is 12.5. The van der Waals surface area contributed by atoms with Gasteiger partial charge in [0, 0.05) is 6.54 Å². The highest BCUT2D eigenvalue weighted by Crippen LogP contribution is 2.27. The van der Waals surface area contributed by atoms with Gasteiger partial charge in [0.25, 0.3) is 0 Å². The number of hydrogen-bond donors (Lipinski definition) is 1. The van der Waals surface area contributed by atoms with Crippen LogP contribution >= 0.6 is 11.6 Å². The van der Waals surface area contributed by atoms with E-state index < -0.39 is 5.54 Å². The number of aryl methyl sites for hydroxylation is 1. The van der Waals surface area contributed by atoms with Gasteiger partial charge >= 0.3 is 0 Å². The monoisotopic (exact) mass is 255 g/mol. The van der Waals surface area contributed by atoms with Crippen molar-refractivity contribution >= 4 is 17.4 Å². The Bertz CT molecular complexity index is 421. The molecule has 1 aromatic heterocycles. The first-order valence-electron chi connectivity index (χ1n) is 6.09. The molecule has 1 aromatic rings. The molecule has 1 unspecified atom stereocenters. The number of nitrogens with zero attached hydrogens (tertiary/aromatic N) is 2. The average molecular weight is 256 g/mol. The standard InChI is InChI=1S/C12H18ClN3O/c1-3-7-16-10(9(13)8-15-16)11(17)12(2)5-4-6-14-12/h8,14H,3-7H2,1-2H3. The molecule has 5 heteroatoms. The van der Waals surface area contributed by atoms with E-state index in [0.29, 0.717) is 10.7 Å². The Labute approximate surface area is 106 Å². The van der Waals surface area contributed by atoms with E-state index in [9.17, 15) is 4.79 Å². The topological polar surface area (TPSA) is 46.9 Å². The molecule has 1 aliphatic heterocycles. The van der Waals surface area contributed by atoms with Gasteiger partial charge in [-0.2, -0.15) is 5.10 Å². The zero-order chi connectivity index (χ0) is 12.5. The summed E-state index contributed by atoms with van der Waals surface area (Å²) in [7, 11) is 0. The molecule has 1 N–H and O–H groups in total. The molecule has 0 amide bonds. The lowest BCUT2D eigenvalue weighted by molar-refractivity contribution is 0.0873. The van der Waals surface area contributed by atoms with Crippen LogP contribution in [-0.2, 0) is 6.54 Å². The van der Waals surface area contributed by atoms with Gasteiger partial charge in [0.05, 0.1) is 16.8 Å². The SMILES string of the molecule is CCCn1ncc(Cl)c1C(=O)C1(C)CCCN1. The first-order chi connectivity index (χ1) is 8.08. The Morgan fingerprint density at radius 2 is 2.47 bits per heavy atom. The number of Topliss-reactive ketones (excluding diaryl/α,β-unsaturated/α-hetero) is 1. The van der Waals surface area contributed by atoms with E-state index in [-0.39, 0.29) is 5.78 Å². The summed E-state index contributed by atoms with van der Waals surface area (Å²) in [6.07, 6.45) is 4.38. The molecule has 0 saturated carbocycles. The van der Waals surface area contributed by atoms with E-state index in [1.165, 1.54) is 0 Å². The van der Waals surface area contributed by atoms with Crippen molar-refractivity contribution in [1.82, 2.24) is 15.1 Å². The quantitative estimate of drug-likeness (QED) is 0.840. The normalized spacial score (nSPS) is 24.2. The maximum atomic E-state index is 12.5.